The van der Waals surface area contributed by atoms with Crippen molar-refractivity contribution >= 4 is 0 Å². The topological polar surface area (TPSA) is 56.0 Å². The molecule has 5 heteroatoms. The molecule has 0 saturated heterocycles. The van der Waals surface area contributed by atoms with Gasteiger partial charge in [-0.25, -0.2) is 4.79 Å². The fourth-order valence-corrected chi connectivity index (χ4v) is 1.57. The number of nitrogens with zero attached hydrogens (tertiary/aromatic N) is 2. The van der Waals surface area contributed by atoms with E-state index in [4.69, 9.17) is 0 Å². The van der Waals surface area contributed by atoms with Crippen molar-refractivity contribution < 1.29 is 0 Å². The first-order valence-electron chi connectivity index (χ1n) is 5.65. The van der Waals surface area contributed by atoms with Crippen LogP contribution in [0.5, 0.6) is 0 Å². The van der Waals surface area contributed by atoms with Gasteiger partial charge in [0.2, 0.25) is 0 Å². The van der Waals surface area contributed by atoms with Crippen LogP contribution in [0.15, 0.2) is 21.9 Å². The van der Waals surface area contributed by atoms with Gasteiger partial charge in [-0.2, -0.15) is 0 Å². The summed E-state index contributed by atoms with van der Waals surface area (Å²) in [5.41, 5.74) is -0.418. The Morgan fingerprint density at radius 2 is 2.06 bits per heavy atom. The van der Waals surface area contributed by atoms with E-state index in [1.165, 1.54) is 10.6 Å². The predicted molar refractivity (Wildman–Crippen MR) is 63.8 cm³/mol. The molecule has 0 aliphatic rings. The van der Waals surface area contributed by atoms with E-state index in [1.807, 2.05) is 14.0 Å². The van der Waals surface area contributed by atoms with Crippen LogP contribution in [0.3, 0.4) is 0 Å². The molecule has 1 rings (SSSR count). The van der Waals surface area contributed by atoms with Gasteiger partial charge in [0.15, 0.2) is 0 Å². The zero-order valence-electron chi connectivity index (χ0n) is 9.90. The normalized spacial score (nSPS) is 10.6. The van der Waals surface area contributed by atoms with Gasteiger partial charge < -0.3 is 9.88 Å². The molecule has 0 bridgehead atoms. The molecule has 1 aromatic rings. The van der Waals surface area contributed by atoms with Crippen LogP contribution in [0.4, 0.5) is 0 Å². The second-order valence-corrected chi connectivity index (χ2v) is 3.68. The molecule has 0 fully saturated rings. The molecule has 1 heterocycles. The predicted octanol–water partition coefficient (Wildman–Crippen LogP) is 0.0295. The second kappa shape index (κ2) is 6.27. The smallest absolute Gasteiger partial charge is 0.320 e. The van der Waals surface area contributed by atoms with Crippen molar-refractivity contribution in [1.82, 2.24) is 14.5 Å². The highest BCUT2D eigenvalue weighted by molar-refractivity contribution is 4.86. The molecule has 0 aliphatic heterocycles. The monoisotopic (exact) mass is 225 g/mol. The van der Waals surface area contributed by atoms with E-state index in [2.05, 4.69) is 5.32 Å². The van der Waals surface area contributed by atoms with E-state index in [9.17, 15) is 9.59 Å². The lowest BCUT2D eigenvalue weighted by molar-refractivity contribution is 0.525. The van der Waals surface area contributed by atoms with E-state index in [0.717, 1.165) is 19.4 Å². The molecular weight excluding hydrogens is 206 g/mol. The van der Waals surface area contributed by atoms with Gasteiger partial charge in [-0.1, -0.05) is 0 Å². The number of aromatic nitrogens is 2. The summed E-state index contributed by atoms with van der Waals surface area (Å²) in [5, 5.41) is 3.04. The SMILES string of the molecule is CCn1ccc(=O)n(CCCCNC)c1=O. The zero-order valence-corrected chi connectivity index (χ0v) is 9.90. The highest BCUT2D eigenvalue weighted by Crippen LogP contribution is 1.89. The summed E-state index contributed by atoms with van der Waals surface area (Å²) in [6, 6.07) is 1.45. The van der Waals surface area contributed by atoms with Gasteiger partial charge in [0.1, 0.15) is 0 Å². The van der Waals surface area contributed by atoms with Crippen LogP contribution in [0.2, 0.25) is 0 Å². The molecule has 0 aromatic carbocycles. The third-order valence-electron chi connectivity index (χ3n) is 2.54. The molecule has 0 radical (unpaired) electrons. The fraction of sp³-hybridized carbons (Fsp3) is 0.636. The lowest BCUT2D eigenvalue weighted by Crippen LogP contribution is -2.38. The molecule has 1 N–H and O–H groups in total. The lowest BCUT2D eigenvalue weighted by Gasteiger charge is -2.07. The first kappa shape index (κ1) is 12.7. The Balaban J connectivity index is 2.78. The molecule has 16 heavy (non-hydrogen) atoms. The summed E-state index contributed by atoms with van der Waals surface area (Å²) >= 11 is 0. The highest BCUT2D eigenvalue weighted by atomic mass is 16.2. The number of nitrogens with one attached hydrogen (secondary N) is 1. The summed E-state index contributed by atoms with van der Waals surface area (Å²) < 4.78 is 2.85. The van der Waals surface area contributed by atoms with Crippen molar-refractivity contribution in [3.63, 3.8) is 0 Å². The third-order valence-corrected chi connectivity index (χ3v) is 2.54. The number of unbranched alkanes of at least 4 members (excludes halogenated alkanes) is 1. The van der Waals surface area contributed by atoms with Crippen LogP contribution < -0.4 is 16.6 Å². The lowest BCUT2D eigenvalue weighted by atomic mass is 10.3. The number of aryl methyl sites for hydroxylation is 1. The van der Waals surface area contributed by atoms with Crippen molar-refractivity contribution in [2.75, 3.05) is 13.6 Å². The molecule has 0 atom stereocenters. The van der Waals surface area contributed by atoms with Gasteiger partial charge in [0.05, 0.1) is 0 Å². The first-order chi connectivity index (χ1) is 7.70. The Morgan fingerprint density at radius 1 is 1.31 bits per heavy atom. The minimum absolute atomic E-state index is 0.209. The Bertz CT molecular complexity index is 434. The van der Waals surface area contributed by atoms with Crippen LogP contribution in [-0.2, 0) is 13.1 Å². The summed E-state index contributed by atoms with van der Waals surface area (Å²) in [6.07, 6.45) is 3.35. The molecule has 0 aliphatic carbocycles. The number of hydrogen-bond acceptors (Lipinski definition) is 3. The van der Waals surface area contributed by atoms with E-state index in [0.29, 0.717) is 13.1 Å². The summed E-state index contributed by atoms with van der Waals surface area (Å²) in [4.78, 5) is 23.3. The Hall–Kier alpha value is -1.36. The van der Waals surface area contributed by atoms with Crippen molar-refractivity contribution in [3.8, 4) is 0 Å². The molecule has 0 unspecified atom stereocenters. The maximum atomic E-state index is 11.8. The molecular formula is C11H19N3O2. The molecule has 0 spiro atoms. The molecule has 90 valence electrons. The van der Waals surface area contributed by atoms with Gasteiger partial charge in [-0.15, -0.1) is 0 Å². The molecule has 0 saturated carbocycles. The maximum Gasteiger partial charge on any atom is 0.330 e. The van der Waals surface area contributed by atoms with Crippen molar-refractivity contribution in [2.24, 2.45) is 0 Å². The van der Waals surface area contributed by atoms with E-state index >= 15 is 0 Å². The van der Waals surface area contributed by atoms with Crippen molar-refractivity contribution in [3.05, 3.63) is 33.1 Å². The summed E-state index contributed by atoms with van der Waals surface area (Å²) in [6.45, 7) is 3.89. The fourth-order valence-electron chi connectivity index (χ4n) is 1.57. The first-order valence-corrected chi connectivity index (χ1v) is 5.65. The quantitative estimate of drug-likeness (QED) is 0.695. The van der Waals surface area contributed by atoms with Gasteiger partial charge in [-0.05, 0) is 33.4 Å². The van der Waals surface area contributed by atoms with Gasteiger partial charge in [-0.3, -0.25) is 9.36 Å². The molecule has 0 amide bonds. The van der Waals surface area contributed by atoms with Crippen LogP contribution >= 0.6 is 0 Å². The van der Waals surface area contributed by atoms with Gasteiger partial charge in [0.25, 0.3) is 5.56 Å². The largest absolute Gasteiger partial charge is 0.330 e. The number of hydrogen-bond donors (Lipinski definition) is 1. The summed E-state index contributed by atoms with van der Waals surface area (Å²) in [5.74, 6) is 0. The van der Waals surface area contributed by atoms with Crippen LogP contribution in [0.25, 0.3) is 0 Å². The molecule has 1 aromatic heterocycles. The zero-order chi connectivity index (χ0) is 12.0. The van der Waals surface area contributed by atoms with E-state index in [-0.39, 0.29) is 11.2 Å². The van der Waals surface area contributed by atoms with Crippen molar-refractivity contribution in [2.45, 2.75) is 32.9 Å². The average molecular weight is 225 g/mol. The van der Waals surface area contributed by atoms with Crippen LogP contribution in [0, 0.1) is 0 Å². The van der Waals surface area contributed by atoms with E-state index < -0.39 is 0 Å². The number of rotatable bonds is 6. The second-order valence-electron chi connectivity index (χ2n) is 3.68. The van der Waals surface area contributed by atoms with Gasteiger partial charge >= 0.3 is 5.69 Å². The van der Waals surface area contributed by atoms with E-state index in [1.54, 1.807) is 10.8 Å². The Labute approximate surface area is 94.7 Å². The Kier molecular flexibility index (Phi) is 4.98. The molecule has 5 nitrogen and oxygen atoms in total. The third kappa shape index (κ3) is 3.06. The Morgan fingerprint density at radius 3 is 2.69 bits per heavy atom. The van der Waals surface area contributed by atoms with Crippen LogP contribution in [-0.4, -0.2) is 22.7 Å². The van der Waals surface area contributed by atoms with Gasteiger partial charge in [0, 0.05) is 25.4 Å². The minimum atomic E-state index is -0.209. The summed E-state index contributed by atoms with van der Waals surface area (Å²) in [7, 11) is 1.89. The van der Waals surface area contributed by atoms with Crippen LogP contribution in [0.1, 0.15) is 19.8 Å². The minimum Gasteiger partial charge on any atom is -0.320 e. The standard InChI is InChI=1S/C11H19N3O2/c1-3-13-9-6-10(15)14(11(13)16)8-5-4-7-12-2/h6,9,12H,3-5,7-8H2,1-2H3. The highest BCUT2D eigenvalue weighted by Gasteiger charge is 2.02. The average Bonchev–Trinajstić information content (AvgIpc) is 2.28. The maximum absolute atomic E-state index is 11.8. The van der Waals surface area contributed by atoms with Crippen molar-refractivity contribution in [1.29, 1.82) is 0 Å².